The lowest BCUT2D eigenvalue weighted by Crippen LogP contribution is -2.28. The molecule has 4 rings (SSSR count). The van der Waals surface area contributed by atoms with Gasteiger partial charge in [-0.05, 0) is 74.0 Å². The monoisotopic (exact) mass is 294 g/mol. The molecule has 0 spiro atoms. The predicted octanol–water partition coefficient (Wildman–Crippen LogP) is 6.08. The summed E-state index contributed by atoms with van der Waals surface area (Å²) >= 11 is 0. The Balaban J connectivity index is 1.64. The summed E-state index contributed by atoms with van der Waals surface area (Å²) in [5.74, 6) is 5.11. The van der Waals surface area contributed by atoms with Crippen LogP contribution in [0, 0.1) is 35.5 Å². The Kier molecular flexibility index (Phi) is 3.88. The van der Waals surface area contributed by atoms with E-state index >= 15 is 0 Å². The van der Waals surface area contributed by atoms with E-state index in [2.05, 4.69) is 50.3 Å². The van der Waals surface area contributed by atoms with Crippen LogP contribution in [0.2, 0.25) is 0 Å². The van der Waals surface area contributed by atoms with Gasteiger partial charge in [-0.25, -0.2) is 0 Å². The minimum absolute atomic E-state index is 0.797. The van der Waals surface area contributed by atoms with Gasteiger partial charge in [-0.2, -0.15) is 0 Å². The summed E-state index contributed by atoms with van der Waals surface area (Å²) in [6, 6.07) is 0. The lowest BCUT2D eigenvalue weighted by Gasteiger charge is -2.36. The highest BCUT2D eigenvalue weighted by Gasteiger charge is 2.44. The van der Waals surface area contributed by atoms with Crippen LogP contribution in [0.5, 0.6) is 0 Å². The molecule has 0 bridgehead atoms. The van der Waals surface area contributed by atoms with Gasteiger partial charge in [0.25, 0.3) is 0 Å². The predicted molar refractivity (Wildman–Crippen MR) is 94.4 cm³/mol. The second kappa shape index (κ2) is 5.87. The van der Waals surface area contributed by atoms with Crippen LogP contribution in [0.15, 0.2) is 47.6 Å². The first kappa shape index (κ1) is 14.5. The van der Waals surface area contributed by atoms with E-state index in [4.69, 9.17) is 0 Å². The maximum absolute atomic E-state index is 2.48. The van der Waals surface area contributed by atoms with Gasteiger partial charge in [-0.1, -0.05) is 61.4 Å². The van der Waals surface area contributed by atoms with Gasteiger partial charge in [0.15, 0.2) is 0 Å². The van der Waals surface area contributed by atoms with E-state index in [1.807, 2.05) is 0 Å². The summed E-state index contributed by atoms with van der Waals surface area (Å²) in [7, 11) is 0. The van der Waals surface area contributed by atoms with E-state index < -0.39 is 0 Å². The highest BCUT2D eigenvalue weighted by atomic mass is 14.5. The fourth-order valence-electron chi connectivity index (χ4n) is 5.94. The Bertz CT molecular complexity index is 496. The number of rotatable bonds is 3. The van der Waals surface area contributed by atoms with Crippen LogP contribution in [0.25, 0.3) is 0 Å². The van der Waals surface area contributed by atoms with Crippen molar-refractivity contribution in [2.75, 3.05) is 0 Å². The fourth-order valence-corrected chi connectivity index (χ4v) is 5.94. The molecule has 0 heteroatoms. The van der Waals surface area contributed by atoms with Crippen molar-refractivity contribution < 1.29 is 0 Å². The molecule has 0 aromatic rings. The molecule has 0 nitrogen and oxygen atoms in total. The maximum Gasteiger partial charge on any atom is -0.0160 e. The van der Waals surface area contributed by atoms with E-state index in [1.165, 1.54) is 38.5 Å². The van der Waals surface area contributed by atoms with E-state index in [1.54, 1.807) is 11.1 Å². The van der Waals surface area contributed by atoms with Crippen LogP contribution < -0.4 is 0 Å². The first-order chi connectivity index (χ1) is 10.8. The standard InChI is InChI=1S/C22H30/c1-15(2)22(20-13-11-16-7-3-5-9-18(16)20)21-14-12-17-8-4-6-10-19(17)21/h3-6,9-10,15-17,20-22H,7-8,11-14H2,1-2H3. The molecule has 4 unspecified atom stereocenters. The topological polar surface area (TPSA) is 0 Å². The summed E-state index contributed by atoms with van der Waals surface area (Å²) in [5, 5.41) is 0. The van der Waals surface area contributed by atoms with Gasteiger partial charge in [0, 0.05) is 0 Å². The summed E-state index contributed by atoms with van der Waals surface area (Å²) in [6.07, 6.45) is 22.7. The molecule has 0 heterocycles. The molecule has 2 saturated carbocycles. The second-order valence-electron chi connectivity index (χ2n) is 8.24. The van der Waals surface area contributed by atoms with Crippen LogP contribution in [-0.2, 0) is 0 Å². The van der Waals surface area contributed by atoms with Crippen molar-refractivity contribution in [3.63, 3.8) is 0 Å². The molecule has 0 saturated heterocycles. The smallest absolute Gasteiger partial charge is 0.0160 e. The molecule has 4 aliphatic rings. The highest BCUT2D eigenvalue weighted by molar-refractivity contribution is 5.31. The quantitative estimate of drug-likeness (QED) is 0.591. The van der Waals surface area contributed by atoms with E-state index in [0.717, 1.165) is 35.5 Å². The molecule has 0 aliphatic heterocycles. The van der Waals surface area contributed by atoms with E-state index in [-0.39, 0.29) is 0 Å². The molecule has 0 aromatic carbocycles. The number of allylic oxidation sites excluding steroid dienone is 8. The largest absolute Gasteiger partial charge is 0.0839 e. The molecule has 0 radical (unpaired) electrons. The minimum atomic E-state index is 0.797. The lowest BCUT2D eigenvalue weighted by atomic mass is 9.68. The first-order valence-electron chi connectivity index (χ1n) is 9.49. The minimum Gasteiger partial charge on any atom is -0.0839 e. The first-order valence-corrected chi connectivity index (χ1v) is 9.49. The van der Waals surface area contributed by atoms with Gasteiger partial charge in [0.05, 0.1) is 0 Å². The molecule has 0 N–H and O–H groups in total. The van der Waals surface area contributed by atoms with Crippen LogP contribution in [-0.4, -0.2) is 0 Å². The van der Waals surface area contributed by atoms with Crippen LogP contribution >= 0.6 is 0 Å². The number of fused-ring (bicyclic) bond motifs is 2. The third kappa shape index (κ3) is 2.36. The molecule has 4 atom stereocenters. The van der Waals surface area contributed by atoms with Gasteiger partial charge < -0.3 is 0 Å². The SMILES string of the molecule is CC(C)C(C1CCC2CC=CC=C21)C1CCC2CC=CC=C21. The number of hydrogen-bond acceptors (Lipinski definition) is 0. The lowest BCUT2D eigenvalue weighted by molar-refractivity contribution is 0.214. The van der Waals surface area contributed by atoms with Gasteiger partial charge in [0.1, 0.15) is 0 Å². The van der Waals surface area contributed by atoms with E-state index in [0.29, 0.717) is 0 Å². The maximum atomic E-state index is 2.48. The normalized spacial score (nSPS) is 37.8. The van der Waals surface area contributed by atoms with Crippen LogP contribution in [0.1, 0.15) is 52.4 Å². The van der Waals surface area contributed by atoms with E-state index in [9.17, 15) is 0 Å². The Morgan fingerprint density at radius 3 is 1.73 bits per heavy atom. The summed E-state index contributed by atoms with van der Waals surface area (Å²) in [4.78, 5) is 0. The third-order valence-corrected chi connectivity index (χ3v) is 6.84. The van der Waals surface area contributed by atoms with Crippen molar-refractivity contribution in [1.82, 2.24) is 0 Å². The van der Waals surface area contributed by atoms with Gasteiger partial charge in [-0.15, -0.1) is 0 Å². The summed E-state index contributed by atoms with van der Waals surface area (Å²) in [5.41, 5.74) is 3.60. The Morgan fingerprint density at radius 1 is 0.773 bits per heavy atom. The molecule has 2 fully saturated rings. The third-order valence-electron chi connectivity index (χ3n) is 6.84. The van der Waals surface area contributed by atoms with Crippen molar-refractivity contribution in [2.24, 2.45) is 35.5 Å². The van der Waals surface area contributed by atoms with Crippen molar-refractivity contribution in [2.45, 2.75) is 52.4 Å². The van der Waals surface area contributed by atoms with Crippen molar-refractivity contribution in [3.05, 3.63) is 47.6 Å². The Hall–Kier alpha value is -1.04. The molecular weight excluding hydrogens is 264 g/mol. The second-order valence-corrected chi connectivity index (χ2v) is 8.24. The highest BCUT2D eigenvalue weighted by Crippen LogP contribution is 2.54. The Morgan fingerprint density at radius 2 is 1.27 bits per heavy atom. The summed E-state index contributed by atoms with van der Waals surface area (Å²) < 4.78 is 0. The van der Waals surface area contributed by atoms with Crippen molar-refractivity contribution >= 4 is 0 Å². The van der Waals surface area contributed by atoms with Crippen LogP contribution in [0.4, 0.5) is 0 Å². The average Bonchev–Trinajstić information content (AvgIpc) is 3.13. The fraction of sp³-hybridized carbons (Fsp3) is 0.636. The summed E-state index contributed by atoms with van der Waals surface area (Å²) in [6.45, 7) is 4.95. The molecule has 0 aromatic heterocycles. The van der Waals surface area contributed by atoms with Gasteiger partial charge in [-0.3, -0.25) is 0 Å². The van der Waals surface area contributed by atoms with Crippen LogP contribution in [0.3, 0.4) is 0 Å². The molecule has 22 heavy (non-hydrogen) atoms. The zero-order valence-corrected chi connectivity index (χ0v) is 14.2. The van der Waals surface area contributed by atoms with Gasteiger partial charge in [0.2, 0.25) is 0 Å². The molecule has 0 amide bonds. The van der Waals surface area contributed by atoms with Gasteiger partial charge >= 0.3 is 0 Å². The van der Waals surface area contributed by atoms with Crippen molar-refractivity contribution in [1.29, 1.82) is 0 Å². The Labute approximate surface area is 136 Å². The zero-order valence-electron chi connectivity index (χ0n) is 14.2. The zero-order chi connectivity index (χ0) is 15.1. The number of hydrogen-bond donors (Lipinski definition) is 0. The molecule has 118 valence electrons. The van der Waals surface area contributed by atoms with Crippen molar-refractivity contribution in [3.8, 4) is 0 Å². The molecule has 4 aliphatic carbocycles. The molecular formula is C22H30. The average molecular weight is 294 g/mol.